The normalized spacial score (nSPS) is 10.4. The number of amides is 1. The Morgan fingerprint density at radius 3 is 2.76 bits per heavy atom. The van der Waals surface area contributed by atoms with Crippen molar-refractivity contribution in [2.45, 2.75) is 20.4 Å². The minimum atomic E-state index is -0.624. The van der Waals surface area contributed by atoms with Gasteiger partial charge in [-0.2, -0.15) is 5.10 Å². The van der Waals surface area contributed by atoms with E-state index in [1.54, 1.807) is 6.92 Å². The van der Waals surface area contributed by atoms with E-state index < -0.39 is 10.8 Å². The van der Waals surface area contributed by atoms with Crippen molar-refractivity contribution in [3.63, 3.8) is 0 Å². The summed E-state index contributed by atoms with van der Waals surface area (Å²) in [6, 6.07) is 3.30. The van der Waals surface area contributed by atoms with Crippen LogP contribution in [0.5, 0.6) is 5.75 Å². The Hall–Kier alpha value is -2.90. The van der Waals surface area contributed by atoms with Crippen LogP contribution in [0.1, 0.15) is 27.3 Å². The molecule has 0 bridgehead atoms. The number of phenolic OH excluding ortho intramolecular Hbond substituents is 1. The van der Waals surface area contributed by atoms with E-state index in [9.17, 15) is 20.0 Å². The zero-order valence-electron chi connectivity index (χ0n) is 11.5. The van der Waals surface area contributed by atoms with Crippen LogP contribution in [0, 0.1) is 24.0 Å². The molecule has 0 radical (unpaired) electrons. The standard InChI is InChI=1S/C13H14N4O4/c1-7-11(8(2)16-15-7)6-14-13(19)10-5-9(17(20)21)3-4-12(10)18/h3-5,18H,6H2,1-2H3,(H,14,19)(H,15,16). The Balaban J connectivity index is 2.17. The van der Waals surface area contributed by atoms with Crippen LogP contribution in [0.2, 0.25) is 0 Å². The van der Waals surface area contributed by atoms with Gasteiger partial charge in [-0.15, -0.1) is 0 Å². The van der Waals surface area contributed by atoms with Gasteiger partial charge in [-0.1, -0.05) is 0 Å². The van der Waals surface area contributed by atoms with E-state index in [1.165, 1.54) is 0 Å². The molecule has 0 saturated carbocycles. The number of aromatic nitrogens is 2. The van der Waals surface area contributed by atoms with Crippen LogP contribution in [-0.4, -0.2) is 26.1 Å². The van der Waals surface area contributed by atoms with Crippen molar-refractivity contribution < 1.29 is 14.8 Å². The average Bonchev–Trinajstić information content (AvgIpc) is 2.75. The number of nitrogens with one attached hydrogen (secondary N) is 2. The molecule has 8 nitrogen and oxygen atoms in total. The molecule has 3 N–H and O–H groups in total. The second kappa shape index (κ2) is 5.61. The maximum Gasteiger partial charge on any atom is 0.270 e. The fourth-order valence-corrected chi connectivity index (χ4v) is 1.92. The number of nitro benzene ring substituents is 1. The lowest BCUT2D eigenvalue weighted by molar-refractivity contribution is -0.384. The van der Waals surface area contributed by atoms with Crippen LogP contribution < -0.4 is 5.32 Å². The van der Waals surface area contributed by atoms with Gasteiger partial charge in [0.05, 0.1) is 16.2 Å². The van der Waals surface area contributed by atoms with Crippen LogP contribution in [0.4, 0.5) is 5.69 Å². The first-order valence-electron chi connectivity index (χ1n) is 6.16. The van der Waals surface area contributed by atoms with Gasteiger partial charge in [0.25, 0.3) is 11.6 Å². The molecular formula is C13H14N4O4. The van der Waals surface area contributed by atoms with E-state index in [0.29, 0.717) is 0 Å². The number of carbonyl (C=O) groups excluding carboxylic acids is 1. The third-order valence-corrected chi connectivity index (χ3v) is 3.14. The van der Waals surface area contributed by atoms with E-state index in [4.69, 9.17) is 0 Å². The fourth-order valence-electron chi connectivity index (χ4n) is 1.92. The van der Waals surface area contributed by atoms with Crippen molar-refractivity contribution in [3.05, 3.63) is 50.8 Å². The molecule has 0 fully saturated rings. The van der Waals surface area contributed by atoms with Crippen molar-refractivity contribution in [1.29, 1.82) is 0 Å². The minimum absolute atomic E-state index is 0.136. The number of hydrogen-bond donors (Lipinski definition) is 3. The van der Waals surface area contributed by atoms with E-state index >= 15 is 0 Å². The lowest BCUT2D eigenvalue weighted by Crippen LogP contribution is -2.23. The van der Waals surface area contributed by atoms with Crippen LogP contribution in [-0.2, 0) is 6.54 Å². The van der Waals surface area contributed by atoms with Crippen LogP contribution >= 0.6 is 0 Å². The number of nitrogens with zero attached hydrogens (tertiary/aromatic N) is 2. The maximum absolute atomic E-state index is 12.0. The minimum Gasteiger partial charge on any atom is -0.507 e. The van der Waals surface area contributed by atoms with Crippen LogP contribution in [0.15, 0.2) is 18.2 Å². The smallest absolute Gasteiger partial charge is 0.270 e. The summed E-state index contributed by atoms with van der Waals surface area (Å²) in [5.41, 5.74) is 2.04. The number of phenols is 1. The van der Waals surface area contributed by atoms with E-state index in [0.717, 1.165) is 35.2 Å². The van der Waals surface area contributed by atoms with Crippen molar-refractivity contribution in [3.8, 4) is 5.75 Å². The molecule has 1 heterocycles. The number of aryl methyl sites for hydroxylation is 2. The average molecular weight is 290 g/mol. The number of carbonyl (C=O) groups is 1. The summed E-state index contributed by atoms with van der Waals surface area (Å²) in [6.07, 6.45) is 0. The Morgan fingerprint density at radius 2 is 2.19 bits per heavy atom. The lowest BCUT2D eigenvalue weighted by Gasteiger charge is -2.07. The molecule has 21 heavy (non-hydrogen) atoms. The molecule has 0 aliphatic carbocycles. The maximum atomic E-state index is 12.0. The summed E-state index contributed by atoms with van der Waals surface area (Å²) in [5.74, 6) is -0.894. The van der Waals surface area contributed by atoms with Crippen molar-refractivity contribution in [2.75, 3.05) is 0 Å². The first-order valence-corrected chi connectivity index (χ1v) is 6.16. The van der Waals surface area contributed by atoms with Gasteiger partial charge >= 0.3 is 0 Å². The number of aromatic hydroxyl groups is 1. The predicted molar refractivity (Wildman–Crippen MR) is 74.0 cm³/mol. The Bertz CT molecular complexity index is 689. The van der Waals surface area contributed by atoms with Gasteiger partial charge in [0.15, 0.2) is 0 Å². The summed E-state index contributed by atoms with van der Waals surface area (Å²) < 4.78 is 0. The summed E-state index contributed by atoms with van der Waals surface area (Å²) in [5, 5.41) is 29.8. The quantitative estimate of drug-likeness (QED) is 0.583. The van der Waals surface area contributed by atoms with Crippen molar-refractivity contribution in [2.24, 2.45) is 0 Å². The molecule has 1 amide bonds. The largest absolute Gasteiger partial charge is 0.507 e. The molecule has 1 aromatic heterocycles. The van der Waals surface area contributed by atoms with Gasteiger partial charge in [-0.05, 0) is 19.9 Å². The van der Waals surface area contributed by atoms with Gasteiger partial charge in [-0.25, -0.2) is 0 Å². The number of non-ortho nitro benzene ring substituents is 1. The fraction of sp³-hybridized carbons (Fsp3) is 0.231. The Morgan fingerprint density at radius 1 is 1.48 bits per heavy atom. The zero-order valence-corrected chi connectivity index (χ0v) is 11.5. The molecule has 0 atom stereocenters. The summed E-state index contributed by atoms with van der Waals surface area (Å²) in [7, 11) is 0. The van der Waals surface area contributed by atoms with Gasteiger partial charge in [0, 0.05) is 29.9 Å². The Kier molecular flexibility index (Phi) is 3.88. The van der Waals surface area contributed by atoms with E-state index in [1.807, 2.05) is 6.92 Å². The number of rotatable bonds is 4. The first kappa shape index (κ1) is 14.5. The molecule has 2 rings (SSSR count). The van der Waals surface area contributed by atoms with Gasteiger partial charge in [-0.3, -0.25) is 20.0 Å². The third kappa shape index (κ3) is 2.99. The van der Waals surface area contributed by atoms with Gasteiger partial charge in [0.1, 0.15) is 5.75 Å². The van der Waals surface area contributed by atoms with Crippen LogP contribution in [0.3, 0.4) is 0 Å². The number of hydrogen-bond acceptors (Lipinski definition) is 5. The number of H-pyrrole nitrogens is 1. The Labute approximate surface area is 120 Å². The van der Waals surface area contributed by atoms with Gasteiger partial charge < -0.3 is 10.4 Å². The zero-order chi connectivity index (χ0) is 15.6. The molecule has 110 valence electrons. The molecule has 1 aromatic carbocycles. The number of aromatic amines is 1. The van der Waals surface area contributed by atoms with Crippen LogP contribution in [0.25, 0.3) is 0 Å². The van der Waals surface area contributed by atoms with Crippen molar-refractivity contribution >= 4 is 11.6 Å². The van der Waals surface area contributed by atoms with E-state index in [2.05, 4.69) is 15.5 Å². The summed E-state index contributed by atoms with van der Waals surface area (Å²) >= 11 is 0. The molecule has 0 aliphatic rings. The topological polar surface area (TPSA) is 121 Å². The molecule has 8 heteroatoms. The molecular weight excluding hydrogens is 276 g/mol. The highest BCUT2D eigenvalue weighted by Gasteiger charge is 2.17. The second-order valence-corrected chi connectivity index (χ2v) is 4.55. The molecule has 0 spiro atoms. The SMILES string of the molecule is Cc1n[nH]c(C)c1CNC(=O)c1cc([N+](=O)[O-])ccc1O. The lowest BCUT2D eigenvalue weighted by atomic mass is 10.1. The monoisotopic (exact) mass is 290 g/mol. The summed E-state index contributed by atoms with van der Waals surface area (Å²) in [4.78, 5) is 22.1. The first-order chi connectivity index (χ1) is 9.90. The van der Waals surface area contributed by atoms with Gasteiger partial charge in [0.2, 0.25) is 0 Å². The highest BCUT2D eigenvalue weighted by atomic mass is 16.6. The van der Waals surface area contributed by atoms with E-state index in [-0.39, 0.29) is 23.5 Å². The summed E-state index contributed by atoms with van der Waals surface area (Å²) in [6.45, 7) is 3.84. The highest BCUT2D eigenvalue weighted by Crippen LogP contribution is 2.23. The third-order valence-electron chi connectivity index (χ3n) is 3.14. The highest BCUT2D eigenvalue weighted by molar-refractivity contribution is 5.97. The molecule has 2 aromatic rings. The molecule has 0 saturated heterocycles. The second-order valence-electron chi connectivity index (χ2n) is 4.55. The molecule has 0 aliphatic heterocycles. The number of benzene rings is 1. The molecule has 0 unspecified atom stereocenters. The number of nitro groups is 1. The van der Waals surface area contributed by atoms with Crippen molar-refractivity contribution in [1.82, 2.24) is 15.5 Å². The predicted octanol–water partition coefficient (Wildman–Crippen LogP) is 1.57.